The zero-order chi connectivity index (χ0) is 13.8. The van der Waals surface area contributed by atoms with Gasteiger partial charge in [-0.25, -0.2) is 0 Å². The third kappa shape index (κ3) is 3.40. The molecular formula is C15H22N2O. The SMILES string of the molecule is COc1ccc(N(C)CCC#N)cc1C(C)(C)C. The third-order valence-corrected chi connectivity index (χ3v) is 2.99. The van der Waals surface area contributed by atoms with Gasteiger partial charge < -0.3 is 9.64 Å². The lowest BCUT2D eigenvalue weighted by Crippen LogP contribution is -2.20. The molecule has 98 valence electrons. The minimum Gasteiger partial charge on any atom is -0.496 e. The molecule has 3 nitrogen and oxygen atoms in total. The van der Waals surface area contributed by atoms with Crippen LogP contribution in [0.5, 0.6) is 5.75 Å². The molecule has 0 atom stereocenters. The Morgan fingerprint density at radius 1 is 1.33 bits per heavy atom. The van der Waals surface area contributed by atoms with Gasteiger partial charge in [-0.2, -0.15) is 5.26 Å². The topological polar surface area (TPSA) is 36.3 Å². The van der Waals surface area contributed by atoms with Crippen LogP contribution in [-0.2, 0) is 5.41 Å². The summed E-state index contributed by atoms with van der Waals surface area (Å²) in [6.45, 7) is 7.25. The molecule has 0 amide bonds. The summed E-state index contributed by atoms with van der Waals surface area (Å²) < 4.78 is 5.42. The molecule has 0 aliphatic rings. The molecule has 0 N–H and O–H groups in total. The molecule has 0 aliphatic carbocycles. The van der Waals surface area contributed by atoms with Crippen LogP contribution in [-0.4, -0.2) is 20.7 Å². The highest BCUT2D eigenvalue weighted by molar-refractivity contribution is 5.54. The van der Waals surface area contributed by atoms with Crippen molar-refractivity contribution in [3.8, 4) is 11.8 Å². The van der Waals surface area contributed by atoms with Gasteiger partial charge in [0.1, 0.15) is 5.75 Å². The van der Waals surface area contributed by atoms with Gasteiger partial charge in [-0.1, -0.05) is 20.8 Å². The number of hydrogen-bond donors (Lipinski definition) is 0. The van der Waals surface area contributed by atoms with E-state index in [2.05, 4.69) is 37.8 Å². The first-order valence-electron chi connectivity index (χ1n) is 6.16. The van der Waals surface area contributed by atoms with E-state index < -0.39 is 0 Å². The normalized spacial score (nSPS) is 10.9. The van der Waals surface area contributed by atoms with Gasteiger partial charge in [-0.3, -0.25) is 0 Å². The molecule has 1 aromatic rings. The van der Waals surface area contributed by atoms with Crippen LogP contribution in [0.15, 0.2) is 18.2 Å². The second-order valence-electron chi connectivity index (χ2n) is 5.46. The van der Waals surface area contributed by atoms with E-state index in [4.69, 9.17) is 10.00 Å². The summed E-state index contributed by atoms with van der Waals surface area (Å²) in [6.07, 6.45) is 0.535. The van der Waals surface area contributed by atoms with E-state index in [1.54, 1.807) is 7.11 Å². The summed E-state index contributed by atoms with van der Waals surface area (Å²) in [7, 11) is 3.70. The van der Waals surface area contributed by atoms with Crippen molar-refractivity contribution in [1.82, 2.24) is 0 Å². The van der Waals surface area contributed by atoms with E-state index in [-0.39, 0.29) is 5.41 Å². The summed E-state index contributed by atoms with van der Waals surface area (Å²) in [4.78, 5) is 2.10. The maximum absolute atomic E-state index is 8.63. The number of rotatable bonds is 4. The van der Waals surface area contributed by atoms with Gasteiger partial charge >= 0.3 is 0 Å². The van der Waals surface area contributed by atoms with E-state index >= 15 is 0 Å². The van der Waals surface area contributed by atoms with Gasteiger partial charge in [-0.15, -0.1) is 0 Å². The number of anilines is 1. The summed E-state index contributed by atoms with van der Waals surface area (Å²) in [5.74, 6) is 0.917. The quantitative estimate of drug-likeness (QED) is 0.817. The van der Waals surface area contributed by atoms with Crippen molar-refractivity contribution < 1.29 is 4.74 Å². The minimum absolute atomic E-state index is 0.0391. The molecule has 0 fully saturated rings. The van der Waals surface area contributed by atoms with Crippen molar-refractivity contribution in [3.63, 3.8) is 0 Å². The summed E-state index contributed by atoms with van der Waals surface area (Å²) in [5, 5.41) is 8.63. The van der Waals surface area contributed by atoms with Crippen LogP contribution in [0.1, 0.15) is 32.8 Å². The zero-order valence-corrected chi connectivity index (χ0v) is 11.9. The largest absolute Gasteiger partial charge is 0.496 e. The van der Waals surface area contributed by atoms with Crippen LogP contribution in [0.25, 0.3) is 0 Å². The lowest BCUT2D eigenvalue weighted by atomic mass is 9.86. The molecular weight excluding hydrogens is 224 g/mol. The van der Waals surface area contributed by atoms with E-state index in [0.717, 1.165) is 18.0 Å². The van der Waals surface area contributed by atoms with E-state index in [9.17, 15) is 0 Å². The molecule has 0 bridgehead atoms. The third-order valence-electron chi connectivity index (χ3n) is 2.99. The number of ether oxygens (including phenoxy) is 1. The molecule has 0 aromatic heterocycles. The first kappa shape index (κ1) is 14.4. The van der Waals surface area contributed by atoms with E-state index in [1.807, 2.05) is 19.2 Å². The first-order valence-corrected chi connectivity index (χ1v) is 6.16. The molecule has 0 aliphatic heterocycles. The second-order valence-corrected chi connectivity index (χ2v) is 5.46. The second kappa shape index (κ2) is 5.77. The number of nitriles is 1. The molecule has 0 unspecified atom stereocenters. The lowest BCUT2D eigenvalue weighted by Gasteiger charge is -2.25. The predicted molar refractivity (Wildman–Crippen MR) is 75.2 cm³/mol. The smallest absolute Gasteiger partial charge is 0.122 e. The summed E-state index contributed by atoms with van der Waals surface area (Å²) in [6, 6.07) is 8.35. The van der Waals surface area contributed by atoms with Crippen LogP contribution in [0, 0.1) is 11.3 Å². The van der Waals surface area contributed by atoms with Crippen LogP contribution in [0.4, 0.5) is 5.69 Å². The average Bonchev–Trinajstić information content (AvgIpc) is 2.34. The maximum Gasteiger partial charge on any atom is 0.122 e. The molecule has 0 heterocycles. The van der Waals surface area contributed by atoms with Crippen molar-refractivity contribution in [2.75, 3.05) is 25.6 Å². The highest BCUT2D eigenvalue weighted by Gasteiger charge is 2.19. The van der Waals surface area contributed by atoms with Crippen molar-refractivity contribution in [2.45, 2.75) is 32.6 Å². The van der Waals surface area contributed by atoms with Crippen LogP contribution in [0.3, 0.4) is 0 Å². The number of nitrogens with zero attached hydrogens (tertiary/aromatic N) is 2. The Labute approximate surface area is 110 Å². The van der Waals surface area contributed by atoms with Crippen LogP contribution >= 0.6 is 0 Å². The molecule has 1 aromatic carbocycles. The highest BCUT2D eigenvalue weighted by atomic mass is 16.5. The van der Waals surface area contributed by atoms with Gasteiger partial charge in [0.2, 0.25) is 0 Å². The van der Waals surface area contributed by atoms with Crippen LogP contribution in [0.2, 0.25) is 0 Å². The number of methoxy groups -OCH3 is 1. The van der Waals surface area contributed by atoms with Gasteiger partial charge in [0.15, 0.2) is 0 Å². The standard InChI is InChI=1S/C15H22N2O/c1-15(2,3)13-11-12(7-8-14(13)18-5)17(4)10-6-9-16/h7-8,11H,6,10H2,1-5H3. The zero-order valence-electron chi connectivity index (χ0n) is 11.9. The van der Waals surface area contributed by atoms with Gasteiger partial charge in [-0.05, 0) is 23.6 Å². The fourth-order valence-corrected chi connectivity index (χ4v) is 1.87. The van der Waals surface area contributed by atoms with E-state index in [0.29, 0.717) is 6.42 Å². The molecule has 0 saturated carbocycles. The Balaban J connectivity index is 3.07. The molecule has 3 heteroatoms. The van der Waals surface area contributed by atoms with Gasteiger partial charge in [0, 0.05) is 24.8 Å². The monoisotopic (exact) mass is 246 g/mol. The Kier molecular flexibility index (Phi) is 4.61. The Bertz CT molecular complexity index is 441. The minimum atomic E-state index is 0.0391. The molecule has 0 saturated heterocycles. The van der Waals surface area contributed by atoms with Crippen molar-refractivity contribution in [1.29, 1.82) is 5.26 Å². The van der Waals surface area contributed by atoms with Crippen molar-refractivity contribution in [2.24, 2.45) is 0 Å². The highest BCUT2D eigenvalue weighted by Crippen LogP contribution is 2.34. The number of hydrogen-bond acceptors (Lipinski definition) is 3. The average molecular weight is 246 g/mol. The lowest BCUT2D eigenvalue weighted by molar-refractivity contribution is 0.397. The summed E-state index contributed by atoms with van der Waals surface area (Å²) in [5.41, 5.74) is 2.35. The maximum atomic E-state index is 8.63. The van der Waals surface area contributed by atoms with E-state index in [1.165, 1.54) is 5.56 Å². The molecule has 1 rings (SSSR count). The molecule has 0 radical (unpaired) electrons. The number of benzene rings is 1. The fraction of sp³-hybridized carbons (Fsp3) is 0.533. The fourth-order valence-electron chi connectivity index (χ4n) is 1.87. The van der Waals surface area contributed by atoms with Crippen molar-refractivity contribution >= 4 is 5.69 Å². The molecule has 0 spiro atoms. The van der Waals surface area contributed by atoms with Crippen molar-refractivity contribution in [3.05, 3.63) is 23.8 Å². The Morgan fingerprint density at radius 2 is 2.00 bits per heavy atom. The summed E-state index contributed by atoms with van der Waals surface area (Å²) >= 11 is 0. The first-order chi connectivity index (χ1) is 8.40. The Morgan fingerprint density at radius 3 is 2.50 bits per heavy atom. The predicted octanol–water partition coefficient (Wildman–Crippen LogP) is 3.34. The van der Waals surface area contributed by atoms with Gasteiger partial charge in [0.05, 0.1) is 19.6 Å². The molecule has 18 heavy (non-hydrogen) atoms. The van der Waals surface area contributed by atoms with Crippen LogP contribution < -0.4 is 9.64 Å². The Hall–Kier alpha value is -1.69. The van der Waals surface area contributed by atoms with Gasteiger partial charge in [0.25, 0.3) is 0 Å².